The standard InChI is InChI=1S/C19H18N4O2/c20-12-13-6-7-15-16(10-13)23(14-4-3-5-14)18(21-15)22-17(24)11-19(25)8-1-2-9-19/h3-7,10,25H,1-2,8-9,11H2,(H,21,22,24). The molecule has 1 aromatic heterocycles. The van der Waals surface area contributed by atoms with Crippen molar-refractivity contribution in [1.29, 1.82) is 5.26 Å². The van der Waals surface area contributed by atoms with Crippen LogP contribution in [0.5, 0.6) is 0 Å². The number of nitriles is 1. The number of fused-ring (bicyclic) bond motifs is 1. The van der Waals surface area contributed by atoms with Crippen LogP contribution in [-0.2, 0) is 4.79 Å². The molecule has 6 nitrogen and oxygen atoms in total. The van der Waals surface area contributed by atoms with Gasteiger partial charge in [-0.2, -0.15) is 5.26 Å². The van der Waals surface area contributed by atoms with Crippen molar-refractivity contribution in [3.63, 3.8) is 0 Å². The lowest BCUT2D eigenvalue weighted by Crippen LogP contribution is -2.31. The average Bonchev–Trinajstić information content (AvgIpc) is 3.10. The number of anilines is 1. The summed E-state index contributed by atoms with van der Waals surface area (Å²) in [6, 6.07) is 7.36. The van der Waals surface area contributed by atoms with Crippen molar-refractivity contribution in [3.8, 4) is 6.07 Å². The quantitative estimate of drug-likeness (QED) is 0.899. The van der Waals surface area contributed by atoms with E-state index in [0.29, 0.717) is 29.9 Å². The van der Waals surface area contributed by atoms with Gasteiger partial charge in [-0.15, -0.1) is 0 Å². The summed E-state index contributed by atoms with van der Waals surface area (Å²) in [7, 11) is 0. The van der Waals surface area contributed by atoms with E-state index in [4.69, 9.17) is 5.26 Å². The fourth-order valence-electron chi connectivity index (χ4n) is 3.50. The average molecular weight is 334 g/mol. The van der Waals surface area contributed by atoms with E-state index >= 15 is 0 Å². The maximum atomic E-state index is 12.4. The van der Waals surface area contributed by atoms with E-state index in [1.165, 1.54) is 0 Å². The van der Waals surface area contributed by atoms with Crippen LogP contribution in [0.2, 0.25) is 0 Å². The minimum atomic E-state index is -0.898. The van der Waals surface area contributed by atoms with Crippen LogP contribution in [0.3, 0.4) is 0 Å². The number of aliphatic hydroxyl groups is 1. The lowest BCUT2D eigenvalue weighted by atomic mass is 9.98. The molecule has 2 N–H and O–H groups in total. The second-order valence-corrected chi connectivity index (χ2v) is 6.69. The van der Waals surface area contributed by atoms with E-state index in [1.807, 2.05) is 22.8 Å². The molecule has 0 radical (unpaired) electrons. The first-order valence-electron chi connectivity index (χ1n) is 8.42. The maximum absolute atomic E-state index is 12.4. The number of carbonyl (C=O) groups excluding carboxylic acids is 1. The topological polar surface area (TPSA) is 90.9 Å². The highest BCUT2D eigenvalue weighted by molar-refractivity contribution is 5.95. The van der Waals surface area contributed by atoms with Crippen LogP contribution in [0.4, 0.5) is 5.95 Å². The van der Waals surface area contributed by atoms with Crippen molar-refractivity contribution in [2.75, 3.05) is 5.32 Å². The lowest BCUT2D eigenvalue weighted by Gasteiger charge is -2.21. The molecule has 0 atom stereocenters. The molecular formula is C19H18N4O2. The Morgan fingerprint density at radius 1 is 1.40 bits per heavy atom. The molecule has 1 amide bonds. The van der Waals surface area contributed by atoms with Gasteiger partial charge in [-0.05, 0) is 43.2 Å². The van der Waals surface area contributed by atoms with Gasteiger partial charge in [0, 0.05) is 5.70 Å². The Balaban J connectivity index is 1.67. The first kappa shape index (κ1) is 15.6. The molecule has 2 aliphatic rings. The van der Waals surface area contributed by atoms with Crippen LogP contribution in [0.15, 0.2) is 36.4 Å². The van der Waals surface area contributed by atoms with Gasteiger partial charge in [0.25, 0.3) is 0 Å². The largest absolute Gasteiger partial charge is 0.389 e. The summed E-state index contributed by atoms with van der Waals surface area (Å²) in [5.41, 5.74) is 2.01. The van der Waals surface area contributed by atoms with Crippen LogP contribution in [0, 0.1) is 11.3 Å². The van der Waals surface area contributed by atoms with Crippen molar-refractivity contribution in [2.45, 2.75) is 37.7 Å². The SMILES string of the molecule is N#Cc1ccc2nc(NC(=O)CC3(O)CCCC3)n(C3=CC=C3)c2c1. The summed E-state index contributed by atoms with van der Waals surface area (Å²) in [5.74, 6) is 0.164. The fourth-order valence-corrected chi connectivity index (χ4v) is 3.50. The van der Waals surface area contributed by atoms with Crippen LogP contribution in [0.1, 0.15) is 37.7 Å². The first-order chi connectivity index (χ1) is 12.1. The monoisotopic (exact) mass is 334 g/mol. The molecule has 0 aliphatic heterocycles. The summed E-state index contributed by atoms with van der Waals surface area (Å²) in [5, 5.41) is 22.4. The van der Waals surface area contributed by atoms with E-state index in [9.17, 15) is 9.90 Å². The van der Waals surface area contributed by atoms with E-state index in [-0.39, 0.29) is 12.3 Å². The number of hydrogen-bond acceptors (Lipinski definition) is 4. The minimum Gasteiger partial charge on any atom is -0.389 e. The summed E-state index contributed by atoms with van der Waals surface area (Å²) in [6.45, 7) is 0. The Bertz CT molecular complexity index is 956. The molecule has 0 spiro atoms. The highest BCUT2D eigenvalue weighted by atomic mass is 16.3. The van der Waals surface area contributed by atoms with Crippen LogP contribution in [0.25, 0.3) is 16.7 Å². The molecule has 2 aromatic rings. The molecule has 2 aliphatic carbocycles. The van der Waals surface area contributed by atoms with Gasteiger partial charge in [-0.1, -0.05) is 18.9 Å². The third kappa shape index (κ3) is 2.83. The highest BCUT2D eigenvalue weighted by Crippen LogP contribution is 2.33. The van der Waals surface area contributed by atoms with Gasteiger partial charge in [0.15, 0.2) is 0 Å². The normalized spacial score (nSPS) is 17.8. The van der Waals surface area contributed by atoms with Gasteiger partial charge in [-0.3, -0.25) is 14.7 Å². The predicted octanol–water partition coefficient (Wildman–Crippen LogP) is 2.95. The fraction of sp³-hybridized carbons (Fsp3) is 0.316. The number of rotatable bonds is 4. The van der Waals surface area contributed by atoms with Gasteiger partial charge < -0.3 is 5.11 Å². The van der Waals surface area contributed by atoms with Gasteiger partial charge in [0.1, 0.15) is 0 Å². The Labute approximate surface area is 145 Å². The van der Waals surface area contributed by atoms with E-state index < -0.39 is 5.60 Å². The van der Waals surface area contributed by atoms with Gasteiger partial charge in [0.05, 0.1) is 34.7 Å². The second-order valence-electron chi connectivity index (χ2n) is 6.69. The Hall–Kier alpha value is -2.91. The molecule has 0 unspecified atom stereocenters. The van der Waals surface area contributed by atoms with E-state index in [0.717, 1.165) is 24.1 Å². The molecule has 4 rings (SSSR count). The number of carbonyl (C=O) groups is 1. The molecule has 1 saturated carbocycles. The molecule has 0 bridgehead atoms. The molecule has 126 valence electrons. The number of imidazole rings is 1. The third-order valence-electron chi connectivity index (χ3n) is 4.85. The van der Waals surface area contributed by atoms with E-state index in [1.54, 1.807) is 18.2 Å². The lowest BCUT2D eigenvalue weighted by molar-refractivity contribution is -0.120. The molecule has 0 saturated heterocycles. The zero-order valence-corrected chi connectivity index (χ0v) is 13.7. The minimum absolute atomic E-state index is 0.0779. The number of benzene rings is 1. The smallest absolute Gasteiger partial charge is 0.229 e. The Morgan fingerprint density at radius 3 is 2.80 bits per heavy atom. The Morgan fingerprint density at radius 2 is 2.16 bits per heavy atom. The first-order valence-corrected chi connectivity index (χ1v) is 8.42. The van der Waals surface area contributed by atoms with Crippen molar-refractivity contribution < 1.29 is 9.90 Å². The molecule has 25 heavy (non-hydrogen) atoms. The number of amides is 1. The summed E-state index contributed by atoms with van der Waals surface area (Å²) in [4.78, 5) is 16.9. The number of hydrogen-bond donors (Lipinski definition) is 2. The van der Waals surface area contributed by atoms with Crippen LogP contribution < -0.4 is 5.32 Å². The summed E-state index contributed by atoms with van der Waals surface area (Å²) < 4.78 is 1.83. The van der Waals surface area contributed by atoms with Gasteiger partial charge >= 0.3 is 0 Å². The molecule has 1 heterocycles. The number of allylic oxidation sites excluding steroid dienone is 4. The Kier molecular flexibility index (Phi) is 3.66. The van der Waals surface area contributed by atoms with Crippen molar-refractivity contribution in [2.24, 2.45) is 0 Å². The zero-order chi connectivity index (χ0) is 17.4. The molecular weight excluding hydrogens is 316 g/mol. The number of aromatic nitrogens is 2. The van der Waals surface area contributed by atoms with Crippen LogP contribution in [-0.4, -0.2) is 26.2 Å². The van der Waals surface area contributed by atoms with Gasteiger partial charge in [-0.25, -0.2) is 4.98 Å². The van der Waals surface area contributed by atoms with Crippen molar-refractivity contribution in [1.82, 2.24) is 9.55 Å². The van der Waals surface area contributed by atoms with Crippen molar-refractivity contribution >= 4 is 28.6 Å². The van der Waals surface area contributed by atoms with Crippen LogP contribution >= 0.6 is 0 Å². The molecule has 6 heteroatoms. The molecule has 1 fully saturated rings. The summed E-state index contributed by atoms with van der Waals surface area (Å²) >= 11 is 0. The predicted molar refractivity (Wildman–Crippen MR) is 94.5 cm³/mol. The van der Waals surface area contributed by atoms with Gasteiger partial charge in [0.2, 0.25) is 11.9 Å². The maximum Gasteiger partial charge on any atom is 0.229 e. The zero-order valence-electron chi connectivity index (χ0n) is 13.7. The summed E-state index contributed by atoms with van der Waals surface area (Å²) in [6.07, 6.45) is 9.05. The highest BCUT2D eigenvalue weighted by Gasteiger charge is 2.33. The molecule has 1 aromatic carbocycles. The number of nitrogens with one attached hydrogen (secondary N) is 1. The van der Waals surface area contributed by atoms with Crippen molar-refractivity contribution in [3.05, 3.63) is 42.0 Å². The number of nitrogens with zero attached hydrogens (tertiary/aromatic N) is 3. The third-order valence-corrected chi connectivity index (χ3v) is 4.85. The second kappa shape index (κ2) is 5.87. The van der Waals surface area contributed by atoms with E-state index in [2.05, 4.69) is 16.4 Å².